The van der Waals surface area contributed by atoms with Gasteiger partial charge in [0, 0.05) is 12.6 Å². The Kier molecular flexibility index (Phi) is 4.81. The van der Waals surface area contributed by atoms with Gasteiger partial charge >= 0.3 is 0 Å². The highest BCUT2D eigenvalue weighted by Gasteiger charge is 2.14. The average molecular weight is 186 g/mol. The maximum atomic E-state index is 5.63. The summed E-state index contributed by atoms with van der Waals surface area (Å²) in [4.78, 5) is 4.23. The number of hydrogen-bond donors (Lipinski definition) is 1. The molecule has 0 unspecified atom stereocenters. The highest BCUT2D eigenvalue weighted by atomic mass is 16.5. The lowest BCUT2D eigenvalue weighted by Gasteiger charge is -2.24. The van der Waals surface area contributed by atoms with E-state index in [9.17, 15) is 0 Å². The molecule has 0 radical (unpaired) electrons. The van der Waals surface area contributed by atoms with Crippen LogP contribution in [0.4, 0.5) is 0 Å². The van der Waals surface area contributed by atoms with Crippen molar-refractivity contribution >= 4 is 6.02 Å². The van der Waals surface area contributed by atoms with E-state index in [1.807, 2.05) is 27.7 Å². The van der Waals surface area contributed by atoms with Crippen LogP contribution in [0.15, 0.2) is 4.99 Å². The molecule has 0 rings (SSSR count). The highest BCUT2D eigenvalue weighted by molar-refractivity contribution is 5.74. The fraction of sp³-hybridized carbons (Fsp3) is 0.900. The molecule has 0 atom stereocenters. The third-order valence-corrected chi connectivity index (χ3v) is 1.12. The molecule has 0 saturated heterocycles. The fourth-order valence-corrected chi connectivity index (χ4v) is 0.788. The minimum absolute atomic E-state index is 0.185. The highest BCUT2D eigenvalue weighted by Crippen LogP contribution is 2.06. The van der Waals surface area contributed by atoms with Crippen LogP contribution in [0.2, 0.25) is 0 Å². The van der Waals surface area contributed by atoms with Crippen LogP contribution in [0, 0.1) is 0 Å². The van der Waals surface area contributed by atoms with Crippen molar-refractivity contribution in [1.29, 1.82) is 0 Å². The first kappa shape index (κ1) is 12.3. The molecule has 0 aliphatic heterocycles. The second kappa shape index (κ2) is 5.10. The van der Waals surface area contributed by atoms with Crippen LogP contribution in [0.3, 0.4) is 0 Å². The number of amidine groups is 1. The van der Waals surface area contributed by atoms with Crippen molar-refractivity contribution in [3.05, 3.63) is 0 Å². The summed E-state index contributed by atoms with van der Waals surface area (Å²) in [5, 5.41) is 3.17. The maximum absolute atomic E-state index is 5.63. The van der Waals surface area contributed by atoms with Crippen molar-refractivity contribution in [3.8, 4) is 0 Å². The quantitative estimate of drug-likeness (QED) is 0.529. The van der Waals surface area contributed by atoms with E-state index in [1.54, 1.807) is 0 Å². The zero-order valence-corrected chi connectivity index (χ0v) is 9.64. The molecule has 3 nitrogen and oxygen atoms in total. The lowest BCUT2D eigenvalue weighted by molar-refractivity contribution is 0.107. The first-order valence-corrected chi connectivity index (χ1v) is 4.85. The summed E-state index contributed by atoms with van der Waals surface area (Å²) in [5.41, 5.74) is -0.185. The second-order valence-electron chi connectivity index (χ2n) is 4.29. The Hall–Kier alpha value is -0.730. The van der Waals surface area contributed by atoms with Crippen LogP contribution in [0.1, 0.15) is 41.5 Å². The zero-order valence-electron chi connectivity index (χ0n) is 9.64. The van der Waals surface area contributed by atoms with Crippen LogP contribution in [-0.2, 0) is 4.74 Å². The van der Waals surface area contributed by atoms with E-state index in [0.717, 1.165) is 6.54 Å². The molecule has 0 bridgehead atoms. The summed E-state index contributed by atoms with van der Waals surface area (Å²) in [5.74, 6) is 0. The van der Waals surface area contributed by atoms with E-state index in [4.69, 9.17) is 4.74 Å². The molecule has 13 heavy (non-hydrogen) atoms. The van der Waals surface area contributed by atoms with Gasteiger partial charge in [0.05, 0.1) is 0 Å². The molecule has 0 fully saturated rings. The summed E-state index contributed by atoms with van der Waals surface area (Å²) in [6.07, 6.45) is 0. The van der Waals surface area contributed by atoms with Crippen molar-refractivity contribution in [3.63, 3.8) is 0 Å². The van der Waals surface area contributed by atoms with Crippen molar-refractivity contribution < 1.29 is 4.74 Å². The van der Waals surface area contributed by atoms with Crippen molar-refractivity contribution in [2.75, 3.05) is 6.54 Å². The first-order chi connectivity index (χ1) is 5.85. The van der Waals surface area contributed by atoms with E-state index in [1.165, 1.54) is 0 Å². The molecule has 3 heteroatoms. The number of nitrogens with one attached hydrogen (secondary N) is 1. The number of ether oxygens (including phenoxy) is 1. The smallest absolute Gasteiger partial charge is 0.285 e. The molecule has 0 aliphatic carbocycles. The Morgan fingerprint density at radius 2 is 1.92 bits per heavy atom. The minimum Gasteiger partial charge on any atom is -0.460 e. The maximum Gasteiger partial charge on any atom is 0.285 e. The van der Waals surface area contributed by atoms with E-state index in [0.29, 0.717) is 12.1 Å². The van der Waals surface area contributed by atoms with Gasteiger partial charge in [-0.15, -0.1) is 0 Å². The molecule has 0 amide bonds. The molecule has 0 spiro atoms. The van der Waals surface area contributed by atoms with E-state index < -0.39 is 0 Å². The van der Waals surface area contributed by atoms with Gasteiger partial charge in [-0.2, -0.15) is 0 Å². The average Bonchev–Trinajstić information content (AvgIpc) is 1.81. The van der Waals surface area contributed by atoms with Crippen molar-refractivity contribution in [1.82, 2.24) is 5.32 Å². The van der Waals surface area contributed by atoms with Crippen LogP contribution in [0.25, 0.3) is 0 Å². The number of hydrogen-bond acceptors (Lipinski definition) is 2. The Bertz CT molecular complexity index is 168. The summed E-state index contributed by atoms with van der Waals surface area (Å²) < 4.78 is 5.63. The number of nitrogens with zero attached hydrogens (tertiary/aromatic N) is 1. The van der Waals surface area contributed by atoms with Crippen LogP contribution < -0.4 is 5.32 Å². The number of aliphatic imine (C=N–C) groups is 1. The SMILES string of the molecule is CCN=C(NC(C)C)OC(C)(C)C. The van der Waals surface area contributed by atoms with Crippen molar-refractivity contribution in [2.24, 2.45) is 4.99 Å². The monoisotopic (exact) mass is 186 g/mol. The van der Waals surface area contributed by atoms with Crippen molar-refractivity contribution in [2.45, 2.75) is 53.2 Å². The zero-order chi connectivity index (χ0) is 10.5. The third kappa shape index (κ3) is 7.62. The lowest BCUT2D eigenvalue weighted by atomic mass is 10.2. The summed E-state index contributed by atoms with van der Waals surface area (Å²) in [6, 6.07) is 0.998. The fourth-order valence-electron chi connectivity index (χ4n) is 0.788. The predicted octanol–water partition coefficient (Wildman–Crippen LogP) is 2.18. The van der Waals surface area contributed by atoms with E-state index in [-0.39, 0.29) is 5.60 Å². The van der Waals surface area contributed by atoms with Gasteiger partial charge in [-0.05, 0) is 41.5 Å². The van der Waals surface area contributed by atoms with Crippen LogP contribution in [-0.4, -0.2) is 24.2 Å². The normalized spacial score (nSPS) is 13.3. The molecule has 0 aromatic carbocycles. The Labute approximate surface area is 81.6 Å². The lowest BCUT2D eigenvalue weighted by Crippen LogP contribution is -2.37. The topological polar surface area (TPSA) is 33.6 Å². The van der Waals surface area contributed by atoms with Gasteiger partial charge < -0.3 is 10.1 Å². The minimum atomic E-state index is -0.185. The van der Waals surface area contributed by atoms with Gasteiger partial charge in [0.1, 0.15) is 5.60 Å². The van der Waals surface area contributed by atoms with Gasteiger partial charge in [0.15, 0.2) is 0 Å². The third-order valence-electron chi connectivity index (χ3n) is 1.12. The van der Waals surface area contributed by atoms with Gasteiger partial charge in [0.25, 0.3) is 6.02 Å². The van der Waals surface area contributed by atoms with Gasteiger partial charge in [-0.1, -0.05) is 0 Å². The standard InChI is InChI=1S/C10H22N2O/c1-7-11-9(12-8(2)3)13-10(4,5)6/h8H,7H2,1-6H3,(H,11,12). The number of rotatable bonds is 2. The Morgan fingerprint density at radius 1 is 1.38 bits per heavy atom. The Morgan fingerprint density at radius 3 is 2.23 bits per heavy atom. The van der Waals surface area contributed by atoms with Gasteiger partial charge in [-0.25, -0.2) is 4.99 Å². The molecule has 78 valence electrons. The summed E-state index contributed by atoms with van der Waals surface area (Å²) in [7, 11) is 0. The molecule has 0 heterocycles. The first-order valence-electron chi connectivity index (χ1n) is 4.85. The Balaban J connectivity index is 4.19. The van der Waals surface area contributed by atoms with E-state index in [2.05, 4.69) is 24.2 Å². The molecule has 0 saturated carbocycles. The molecule has 0 aromatic heterocycles. The molecule has 1 N–H and O–H groups in total. The summed E-state index contributed by atoms with van der Waals surface area (Å²) >= 11 is 0. The van der Waals surface area contributed by atoms with Gasteiger partial charge in [0.2, 0.25) is 0 Å². The van der Waals surface area contributed by atoms with Crippen LogP contribution >= 0.6 is 0 Å². The summed E-state index contributed by atoms with van der Waals surface area (Å²) in [6.45, 7) is 12.9. The molecule has 0 aromatic rings. The van der Waals surface area contributed by atoms with Gasteiger partial charge in [-0.3, -0.25) is 0 Å². The molecule has 0 aliphatic rings. The largest absolute Gasteiger partial charge is 0.460 e. The van der Waals surface area contributed by atoms with E-state index >= 15 is 0 Å². The van der Waals surface area contributed by atoms with Crippen LogP contribution in [0.5, 0.6) is 0 Å². The molecular formula is C10H22N2O. The molecular weight excluding hydrogens is 164 g/mol. The predicted molar refractivity (Wildman–Crippen MR) is 57.1 cm³/mol. The second-order valence-corrected chi connectivity index (χ2v) is 4.29.